The Kier molecular flexibility index (Phi) is 7.24. The molecule has 0 spiro atoms. The Balaban J connectivity index is 1.71. The van der Waals surface area contributed by atoms with Crippen molar-refractivity contribution >= 4 is 5.91 Å². The highest BCUT2D eigenvalue weighted by atomic mass is 16.3. The smallest absolute Gasteiger partial charge is 0.243 e. The average molecular weight is 323 g/mol. The largest absolute Gasteiger partial charge is 0.392 e. The summed E-state index contributed by atoms with van der Waals surface area (Å²) in [4.78, 5) is 11.9. The maximum atomic E-state index is 11.9. The molecule has 0 aliphatic heterocycles. The molecule has 0 unspecified atom stereocenters. The molecule has 24 heavy (non-hydrogen) atoms. The summed E-state index contributed by atoms with van der Waals surface area (Å²) in [5.41, 5.74) is 4.43. The van der Waals surface area contributed by atoms with Crippen LogP contribution < -0.4 is 5.32 Å². The van der Waals surface area contributed by atoms with Gasteiger partial charge in [-0.2, -0.15) is 0 Å². The molecular formula is C21H25NO2. The van der Waals surface area contributed by atoms with Crippen LogP contribution in [0.2, 0.25) is 0 Å². The molecule has 3 heteroatoms. The zero-order valence-corrected chi connectivity index (χ0v) is 14.2. The first kappa shape index (κ1) is 18.0. The molecule has 126 valence electrons. The lowest BCUT2D eigenvalue weighted by molar-refractivity contribution is -0.116. The fraction of sp³-hybridized carbons (Fsp3) is 0.286. The van der Waals surface area contributed by atoms with E-state index in [2.05, 4.69) is 17.4 Å². The Morgan fingerprint density at radius 1 is 0.958 bits per heavy atom. The Labute approximate surface area is 144 Å². The second kappa shape index (κ2) is 9.68. The number of nitrogens with one attached hydrogen (secondary N) is 1. The van der Waals surface area contributed by atoms with Crippen LogP contribution in [-0.4, -0.2) is 17.6 Å². The summed E-state index contributed by atoms with van der Waals surface area (Å²) < 4.78 is 0. The molecule has 3 nitrogen and oxygen atoms in total. The van der Waals surface area contributed by atoms with E-state index in [9.17, 15) is 4.79 Å². The van der Waals surface area contributed by atoms with Crippen LogP contribution in [0.4, 0.5) is 0 Å². The summed E-state index contributed by atoms with van der Waals surface area (Å²) in [7, 11) is 0. The van der Waals surface area contributed by atoms with E-state index in [0.717, 1.165) is 36.0 Å². The van der Waals surface area contributed by atoms with Crippen LogP contribution in [-0.2, 0) is 24.2 Å². The minimum Gasteiger partial charge on any atom is -0.392 e. The van der Waals surface area contributed by atoms with Crippen molar-refractivity contribution in [3.05, 3.63) is 82.9 Å². The summed E-state index contributed by atoms with van der Waals surface area (Å²) in [6, 6.07) is 18.1. The van der Waals surface area contributed by atoms with Crippen molar-refractivity contribution in [2.75, 3.05) is 6.54 Å². The maximum Gasteiger partial charge on any atom is 0.243 e. The number of carbonyl (C=O) groups excluding carboxylic acids is 1. The fourth-order valence-corrected chi connectivity index (χ4v) is 2.47. The number of aliphatic hydroxyl groups excluding tert-OH is 1. The van der Waals surface area contributed by atoms with Gasteiger partial charge in [-0.1, -0.05) is 60.2 Å². The van der Waals surface area contributed by atoms with Crippen molar-refractivity contribution in [2.24, 2.45) is 0 Å². The Morgan fingerprint density at radius 3 is 2.25 bits per heavy atom. The molecule has 0 aliphatic rings. The molecule has 0 saturated carbocycles. The van der Waals surface area contributed by atoms with Gasteiger partial charge in [0.1, 0.15) is 0 Å². The van der Waals surface area contributed by atoms with Crippen LogP contribution >= 0.6 is 0 Å². The maximum absolute atomic E-state index is 11.9. The first-order valence-electron chi connectivity index (χ1n) is 8.35. The van der Waals surface area contributed by atoms with Gasteiger partial charge in [-0.25, -0.2) is 0 Å². The van der Waals surface area contributed by atoms with Crippen LogP contribution in [0, 0.1) is 0 Å². The molecule has 0 fully saturated rings. The zero-order chi connectivity index (χ0) is 17.2. The van der Waals surface area contributed by atoms with E-state index in [1.165, 1.54) is 5.56 Å². The van der Waals surface area contributed by atoms with Crippen molar-refractivity contribution < 1.29 is 9.90 Å². The Hall–Kier alpha value is -2.39. The molecule has 0 saturated heterocycles. The molecule has 2 aromatic carbocycles. The Morgan fingerprint density at radius 2 is 1.58 bits per heavy atom. The highest BCUT2D eigenvalue weighted by molar-refractivity contribution is 5.88. The first-order chi connectivity index (χ1) is 11.7. The summed E-state index contributed by atoms with van der Waals surface area (Å²) in [6.07, 6.45) is 4.32. The van der Waals surface area contributed by atoms with Crippen molar-refractivity contribution in [1.29, 1.82) is 0 Å². The van der Waals surface area contributed by atoms with E-state index >= 15 is 0 Å². The molecule has 2 N–H and O–H groups in total. The molecule has 0 bridgehead atoms. The third-order valence-electron chi connectivity index (χ3n) is 3.95. The molecule has 1 amide bonds. The van der Waals surface area contributed by atoms with Crippen LogP contribution in [0.5, 0.6) is 0 Å². The van der Waals surface area contributed by atoms with Gasteiger partial charge in [-0.15, -0.1) is 0 Å². The molecule has 2 aromatic rings. The molecule has 0 aliphatic carbocycles. The van der Waals surface area contributed by atoms with E-state index < -0.39 is 0 Å². The monoisotopic (exact) mass is 323 g/mol. The molecule has 0 atom stereocenters. The summed E-state index contributed by atoms with van der Waals surface area (Å²) in [6.45, 7) is 2.67. The second-order valence-corrected chi connectivity index (χ2v) is 5.99. The van der Waals surface area contributed by atoms with Crippen LogP contribution in [0.1, 0.15) is 30.0 Å². The predicted molar refractivity (Wildman–Crippen MR) is 97.6 cm³/mol. The number of aryl methyl sites for hydroxylation is 1. The van der Waals surface area contributed by atoms with E-state index in [1.807, 2.05) is 49.4 Å². The van der Waals surface area contributed by atoms with E-state index in [0.29, 0.717) is 6.54 Å². The van der Waals surface area contributed by atoms with Gasteiger partial charge in [0, 0.05) is 12.6 Å². The lowest BCUT2D eigenvalue weighted by Gasteiger charge is -2.05. The quantitative estimate of drug-likeness (QED) is 0.731. The summed E-state index contributed by atoms with van der Waals surface area (Å²) in [5.74, 6) is -0.0347. The minimum atomic E-state index is -0.0347. The lowest BCUT2D eigenvalue weighted by atomic mass is 10.1. The number of carbonyl (C=O) groups is 1. The minimum absolute atomic E-state index is 0.0347. The number of hydrogen-bond donors (Lipinski definition) is 2. The van der Waals surface area contributed by atoms with Gasteiger partial charge in [-0.3, -0.25) is 4.79 Å². The van der Waals surface area contributed by atoms with Gasteiger partial charge < -0.3 is 10.4 Å². The van der Waals surface area contributed by atoms with E-state index in [4.69, 9.17) is 5.11 Å². The third-order valence-corrected chi connectivity index (χ3v) is 3.95. The highest BCUT2D eigenvalue weighted by Gasteiger charge is 2.00. The standard InChI is InChI=1S/C21H25NO2/c1-17(7-8-18-5-3-2-4-6-18)15-21(24)22-14-13-19-9-11-20(16-23)12-10-19/h2-6,9-12,15,23H,7-8,13-14,16H2,1H3,(H,22,24)/b17-15-. The van der Waals surface area contributed by atoms with Crippen LogP contribution in [0.3, 0.4) is 0 Å². The fourth-order valence-electron chi connectivity index (χ4n) is 2.47. The van der Waals surface area contributed by atoms with E-state index in [-0.39, 0.29) is 12.5 Å². The second-order valence-electron chi connectivity index (χ2n) is 5.99. The van der Waals surface area contributed by atoms with Gasteiger partial charge in [0.05, 0.1) is 6.61 Å². The predicted octanol–water partition coefficient (Wildman–Crippen LogP) is 3.42. The topological polar surface area (TPSA) is 49.3 Å². The van der Waals surface area contributed by atoms with Gasteiger partial charge in [0.25, 0.3) is 0 Å². The number of rotatable bonds is 8. The normalized spacial score (nSPS) is 11.3. The lowest BCUT2D eigenvalue weighted by Crippen LogP contribution is -2.24. The number of benzene rings is 2. The molecule has 0 radical (unpaired) electrons. The SMILES string of the molecule is C/C(=C/C(=O)NCCc1ccc(CO)cc1)CCc1ccccc1. The zero-order valence-electron chi connectivity index (χ0n) is 14.2. The number of amides is 1. The third kappa shape index (κ3) is 6.39. The molecule has 0 heterocycles. The summed E-state index contributed by atoms with van der Waals surface area (Å²) in [5, 5.41) is 11.9. The molecule has 0 aromatic heterocycles. The molecule has 2 rings (SSSR count). The number of allylic oxidation sites excluding steroid dienone is 1. The van der Waals surface area contributed by atoms with Gasteiger partial charge in [-0.05, 0) is 42.9 Å². The van der Waals surface area contributed by atoms with Crippen molar-refractivity contribution in [3.63, 3.8) is 0 Å². The van der Waals surface area contributed by atoms with E-state index in [1.54, 1.807) is 6.08 Å². The van der Waals surface area contributed by atoms with Crippen LogP contribution in [0.15, 0.2) is 66.2 Å². The molecular weight excluding hydrogens is 298 g/mol. The van der Waals surface area contributed by atoms with Crippen molar-refractivity contribution in [2.45, 2.75) is 32.8 Å². The first-order valence-corrected chi connectivity index (χ1v) is 8.35. The average Bonchev–Trinajstić information content (AvgIpc) is 2.61. The van der Waals surface area contributed by atoms with Gasteiger partial charge in [0.2, 0.25) is 5.91 Å². The van der Waals surface area contributed by atoms with Crippen molar-refractivity contribution in [3.8, 4) is 0 Å². The van der Waals surface area contributed by atoms with Crippen molar-refractivity contribution in [1.82, 2.24) is 5.32 Å². The number of aliphatic hydroxyl groups is 1. The van der Waals surface area contributed by atoms with Gasteiger partial charge in [0.15, 0.2) is 0 Å². The van der Waals surface area contributed by atoms with Gasteiger partial charge >= 0.3 is 0 Å². The highest BCUT2D eigenvalue weighted by Crippen LogP contribution is 2.08. The van der Waals surface area contributed by atoms with Crippen LogP contribution in [0.25, 0.3) is 0 Å². The number of hydrogen-bond acceptors (Lipinski definition) is 2. The summed E-state index contributed by atoms with van der Waals surface area (Å²) >= 11 is 0. The Bertz CT molecular complexity index is 660.